The number of ketones is 1. The second-order valence-electron chi connectivity index (χ2n) is 25.9. The summed E-state index contributed by atoms with van der Waals surface area (Å²) >= 11 is 0. The maximum atomic E-state index is 14.4. The molecule has 0 unspecified atom stereocenters. The average Bonchev–Trinajstić information content (AvgIpc) is 1.46. The highest BCUT2D eigenvalue weighted by atomic mass is 32.3. The number of Topliss-reactive ketones (excluding diaryl/α,β-unsaturated/α-hetero) is 1. The first-order valence-electron chi connectivity index (χ1n) is 28.6. The molecule has 0 aromatic rings. The van der Waals surface area contributed by atoms with Crippen LogP contribution < -0.4 is 0 Å². The van der Waals surface area contributed by atoms with E-state index in [4.69, 9.17) is 51.9 Å². The van der Waals surface area contributed by atoms with Crippen LogP contribution in [0.5, 0.6) is 0 Å². The first-order valence-corrected chi connectivity index (χ1v) is 31.3. The van der Waals surface area contributed by atoms with Crippen LogP contribution in [-0.2, 0) is 86.1 Å². The molecule has 0 bridgehead atoms. The third kappa shape index (κ3) is 11.9. The number of hydrogen-bond donors (Lipinski definition) is 10. The molecule has 10 N–H and O–H groups in total. The summed E-state index contributed by atoms with van der Waals surface area (Å²) in [6.45, 7) is 15.1. The molecule has 5 aliphatic heterocycles. The number of cyclic esters (lactones) is 1. The maximum Gasteiger partial charge on any atom is 0.397 e. The number of methoxy groups -OCH3 is 1. The van der Waals surface area contributed by atoms with Crippen molar-refractivity contribution in [2.24, 2.45) is 39.4 Å². The molecule has 28 nitrogen and oxygen atoms in total. The van der Waals surface area contributed by atoms with Crippen molar-refractivity contribution in [3.63, 3.8) is 0 Å². The van der Waals surface area contributed by atoms with Gasteiger partial charge in [-0.15, -0.1) is 6.58 Å². The zero-order valence-corrected chi connectivity index (χ0v) is 49.8. The summed E-state index contributed by atoms with van der Waals surface area (Å²) < 4.78 is 133. The number of fused-ring (bicyclic) bond motifs is 4. The smallest absolute Gasteiger partial charge is 0.397 e. The van der Waals surface area contributed by atoms with Gasteiger partial charge in [0, 0.05) is 13.5 Å². The molecule has 9 rings (SSSR count). The summed E-state index contributed by atoms with van der Waals surface area (Å²) in [6.07, 6.45) is -27.6. The van der Waals surface area contributed by atoms with Gasteiger partial charge in [-0.3, -0.25) is 18.7 Å². The van der Waals surface area contributed by atoms with Gasteiger partial charge in [0.15, 0.2) is 25.2 Å². The Morgan fingerprint density at radius 2 is 1.27 bits per heavy atom. The van der Waals surface area contributed by atoms with Gasteiger partial charge in [0.1, 0.15) is 96.8 Å². The largest absolute Gasteiger partial charge is 0.458 e. The number of carbonyl (C=O) groups is 2. The van der Waals surface area contributed by atoms with Gasteiger partial charge in [0.2, 0.25) is 0 Å². The molecule has 5 saturated heterocycles. The summed E-state index contributed by atoms with van der Waals surface area (Å²) in [4.78, 5) is 28.7. The van der Waals surface area contributed by atoms with Crippen LogP contribution in [0.25, 0.3) is 0 Å². The van der Waals surface area contributed by atoms with Crippen LogP contribution in [0.1, 0.15) is 106 Å². The van der Waals surface area contributed by atoms with E-state index in [1.807, 2.05) is 13.8 Å². The lowest BCUT2D eigenvalue weighted by molar-refractivity contribution is -0.390. The van der Waals surface area contributed by atoms with Crippen molar-refractivity contribution >= 4 is 32.6 Å². The fourth-order valence-electron chi connectivity index (χ4n) is 16.1. The Hall–Kier alpha value is -2.32. The van der Waals surface area contributed by atoms with Crippen LogP contribution in [0, 0.1) is 39.4 Å². The van der Waals surface area contributed by atoms with Crippen molar-refractivity contribution in [3.8, 4) is 0 Å². The highest BCUT2D eigenvalue weighted by Gasteiger charge is 2.79. The lowest BCUT2D eigenvalue weighted by Crippen LogP contribution is -2.67. The molecular formula is C54H84O28S2. The SMILES string of the molecule is C=C(C)CCC[C@]1(C)OC(=O)[C@]23CC=C4[C@H](CC[C@H]5C(C)(C)[C@@H](O[C@@H]6OC[C@@H](O)[C@H](O)[C@H]6O[C@@H]6O[C@H](COS(=O)(=O)O)[C@@H](O)[C@H](O[C@@H]7O[C@H](C)[C@@H](O[C@@H]8O[C@H](COS(=O)(=O)O)[C@@H](O)[C@H](OC)[C@H]8O)[C@H](O)[C@H]7O)[C@H]6O)CC[C@]45C)[C@]2(C)CC(=O)[C@@H]31. The number of aliphatic hydroxyl groups is 8. The predicted molar refractivity (Wildman–Crippen MR) is 282 cm³/mol. The van der Waals surface area contributed by atoms with E-state index in [2.05, 4.69) is 48.7 Å². The molecule has 0 amide bonds. The average molecular weight is 1250 g/mol. The van der Waals surface area contributed by atoms with Gasteiger partial charge in [-0.05, 0) is 100 Å². The van der Waals surface area contributed by atoms with Crippen molar-refractivity contribution in [2.45, 2.75) is 235 Å². The Bertz CT molecular complexity index is 2690. The van der Waals surface area contributed by atoms with Gasteiger partial charge in [0.05, 0.1) is 43.4 Å². The van der Waals surface area contributed by atoms with Gasteiger partial charge in [0.25, 0.3) is 0 Å². The Morgan fingerprint density at radius 3 is 1.87 bits per heavy atom. The van der Waals surface area contributed by atoms with E-state index in [1.54, 1.807) is 0 Å². The molecule has 4 aliphatic carbocycles. The minimum absolute atomic E-state index is 0.0256. The van der Waals surface area contributed by atoms with Crippen LogP contribution in [-0.4, -0.2) is 234 Å². The number of ether oxygens (including phenoxy) is 10. The van der Waals surface area contributed by atoms with Crippen LogP contribution in [0.15, 0.2) is 23.8 Å². The number of rotatable bonds is 19. The molecule has 0 radical (unpaired) electrons. The molecular weight excluding hydrogens is 1160 g/mol. The fraction of sp³-hybridized carbons (Fsp3) is 0.889. The summed E-state index contributed by atoms with van der Waals surface area (Å²) in [7, 11) is -9.14. The van der Waals surface area contributed by atoms with E-state index in [9.17, 15) is 71.8 Å². The maximum absolute atomic E-state index is 14.4. The monoisotopic (exact) mass is 1240 g/mol. The van der Waals surface area contributed by atoms with E-state index in [-0.39, 0.29) is 30.0 Å². The standard InChI is InChI=1S/C54H84O28S2/c1-23(2)11-10-16-53(8)44-27(55)19-52(7)26-12-13-31-50(4,5)32(15-17-51(31,6)25(26)14-18-54(44,52)49(64)82-53)78-48-43(33(57)28(56)20-72-48)81-47-39(63)42(35(59)30(77-47)22-74-84(68,69)70)80-45-37(61)36(60)40(24(3)75-45)79-46-38(62)41(71-9)34(58)29(76-46)21-73-83(65,66)67/h14,24,26,28-48,56-63H,1,10-13,15-22H2,2-9H3,(H,65,66,67)(H,68,69,70)/t24-,26+,28-,29-,30-,31+,32+,33+,34-,35-,36-,37-,38-,39-,40-,41+,42+,43-,44-,45+,46+,47+,48+,51-,52+,53+,54-/m1/s1. The normalized spacial score (nSPS) is 48.5. The molecule has 5 heterocycles. The van der Waals surface area contributed by atoms with Gasteiger partial charge < -0.3 is 88.2 Å². The molecule has 27 atom stereocenters. The molecule has 0 aromatic heterocycles. The third-order valence-corrected chi connectivity index (χ3v) is 21.1. The van der Waals surface area contributed by atoms with Gasteiger partial charge >= 0.3 is 26.8 Å². The van der Waals surface area contributed by atoms with Gasteiger partial charge in [-0.25, -0.2) is 8.37 Å². The Balaban J connectivity index is 0.906. The lowest BCUT2D eigenvalue weighted by atomic mass is 9.41. The number of allylic oxidation sites excluding steroid dienone is 3. The lowest BCUT2D eigenvalue weighted by Gasteiger charge is -2.63. The number of esters is 1. The van der Waals surface area contributed by atoms with E-state index >= 15 is 0 Å². The molecule has 30 heteroatoms. The molecule has 8 fully saturated rings. The van der Waals surface area contributed by atoms with Crippen molar-refractivity contribution < 1.29 is 132 Å². The van der Waals surface area contributed by atoms with E-state index in [0.29, 0.717) is 38.5 Å². The Kier molecular flexibility index (Phi) is 19.0. The van der Waals surface area contributed by atoms with E-state index in [0.717, 1.165) is 25.5 Å². The minimum atomic E-state index is -5.21. The highest BCUT2D eigenvalue weighted by Crippen LogP contribution is 2.75. The van der Waals surface area contributed by atoms with E-state index < -0.39 is 197 Å². The molecule has 0 aromatic carbocycles. The van der Waals surface area contributed by atoms with Crippen LogP contribution in [0.2, 0.25) is 0 Å². The first kappa shape index (κ1) is 66.1. The minimum Gasteiger partial charge on any atom is -0.458 e. The second-order valence-corrected chi connectivity index (χ2v) is 28.0. The van der Waals surface area contributed by atoms with Crippen molar-refractivity contribution in [3.05, 3.63) is 23.8 Å². The van der Waals surface area contributed by atoms with Crippen molar-refractivity contribution in [1.29, 1.82) is 0 Å². The van der Waals surface area contributed by atoms with Gasteiger partial charge in [-0.2, -0.15) is 16.8 Å². The zero-order valence-electron chi connectivity index (χ0n) is 48.2. The summed E-state index contributed by atoms with van der Waals surface area (Å²) in [6, 6.07) is 0. The van der Waals surface area contributed by atoms with Crippen LogP contribution >= 0.6 is 0 Å². The molecule has 9 aliphatic rings. The summed E-state index contributed by atoms with van der Waals surface area (Å²) in [5, 5.41) is 90.7. The molecule has 480 valence electrons. The van der Waals surface area contributed by atoms with Crippen molar-refractivity contribution in [2.75, 3.05) is 26.9 Å². The van der Waals surface area contributed by atoms with E-state index in [1.165, 1.54) is 12.5 Å². The topological polar surface area (TPSA) is 415 Å². The first-order chi connectivity index (χ1) is 39.0. The molecule has 84 heavy (non-hydrogen) atoms. The summed E-state index contributed by atoms with van der Waals surface area (Å²) in [5.74, 6) is -0.925. The van der Waals surface area contributed by atoms with Crippen LogP contribution in [0.4, 0.5) is 0 Å². The Labute approximate surface area is 487 Å². The highest BCUT2D eigenvalue weighted by molar-refractivity contribution is 7.81. The van der Waals surface area contributed by atoms with Crippen molar-refractivity contribution in [1.82, 2.24) is 0 Å². The number of carbonyl (C=O) groups excluding carboxylic acids is 2. The molecule has 3 saturated carbocycles. The molecule has 1 spiro atoms. The quantitative estimate of drug-likeness (QED) is 0.0335. The zero-order chi connectivity index (χ0) is 61.8. The van der Waals surface area contributed by atoms with Gasteiger partial charge in [-0.1, -0.05) is 44.9 Å². The Morgan fingerprint density at radius 1 is 0.702 bits per heavy atom. The predicted octanol–water partition coefficient (Wildman–Crippen LogP) is -0.555. The number of aliphatic hydroxyl groups excluding tert-OH is 8. The number of hydrogen-bond acceptors (Lipinski definition) is 26. The fourth-order valence-corrected chi connectivity index (χ4v) is 16.7. The second kappa shape index (κ2) is 24.1. The van der Waals surface area contributed by atoms with Crippen LogP contribution in [0.3, 0.4) is 0 Å². The third-order valence-electron chi connectivity index (χ3n) is 20.3. The summed E-state index contributed by atoms with van der Waals surface area (Å²) in [5.41, 5.74) is -1.43.